The largest absolute Gasteiger partial charge is 0.360 e. The highest BCUT2D eigenvalue weighted by Gasteiger charge is 2.20. The summed E-state index contributed by atoms with van der Waals surface area (Å²) in [6, 6.07) is 4.33. The van der Waals surface area contributed by atoms with Gasteiger partial charge in [0, 0.05) is 18.2 Å². The fourth-order valence-electron chi connectivity index (χ4n) is 1.87. The number of hydrogen-bond acceptors (Lipinski definition) is 5. The van der Waals surface area contributed by atoms with E-state index in [2.05, 4.69) is 15.2 Å². The zero-order chi connectivity index (χ0) is 15.5. The molecule has 0 bridgehead atoms. The van der Waals surface area contributed by atoms with Crippen molar-refractivity contribution in [2.24, 2.45) is 0 Å². The van der Waals surface area contributed by atoms with Gasteiger partial charge in [0.15, 0.2) is 5.76 Å². The molecule has 0 aliphatic rings. The Morgan fingerprint density at radius 3 is 2.71 bits per heavy atom. The molecular weight excluding hydrogens is 297 g/mol. The first-order valence-electron chi connectivity index (χ1n) is 6.27. The summed E-state index contributed by atoms with van der Waals surface area (Å²) in [5, 5.41) is 6.35. The van der Waals surface area contributed by atoms with Crippen molar-refractivity contribution in [2.75, 3.05) is 7.05 Å². The Kier molecular flexibility index (Phi) is 4.71. The van der Waals surface area contributed by atoms with Gasteiger partial charge >= 0.3 is 0 Å². The van der Waals surface area contributed by atoms with Crippen molar-refractivity contribution in [3.05, 3.63) is 47.1 Å². The number of halogens is 1. The van der Waals surface area contributed by atoms with Gasteiger partial charge in [-0.2, -0.15) is 0 Å². The van der Waals surface area contributed by atoms with Gasteiger partial charge in [-0.1, -0.05) is 5.16 Å². The van der Waals surface area contributed by atoms with Crippen molar-refractivity contribution < 1.29 is 17.3 Å². The van der Waals surface area contributed by atoms with Crippen molar-refractivity contribution in [2.45, 2.75) is 24.9 Å². The van der Waals surface area contributed by atoms with Gasteiger partial charge in [-0.15, -0.1) is 0 Å². The number of rotatable bonds is 6. The Balaban J connectivity index is 2.30. The molecule has 2 aromatic rings. The van der Waals surface area contributed by atoms with Crippen LogP contribution in [0.25, 0.3) is 0 Å². The Morgan fingerprint density at radius 2 is 2.10 bits per heavy atom. The van der Waals surface area contributed by atoms with E-state index in [0.29, 0.717) is 17.9 Å². The summed E-state index contributed by atoms with van der Waals surface area (Å²) in [6.07, 6.45) is 1.42. The third-order valence-electron chi connectivity index (χ3n) is 2.95. The quantitative estimate of drug-likeness (QED) is 0.840. The van der Waals surface area contributed by atoms with E-state index in [1.54, 1.807) is 13.1 Å². The van der Waals surface area contributed by atoms with E-state index in [1.165, 1.54) is 25.3 Å². The molecule has 0 radical (unpaired) electrons. The second kappa shape index (κ2) is 6.33. The summed E-state index contributed by atoms with van der Waals surface area (Å²) in [5.74, 6) is -0.175. The summed E-state index contributed by atoms with van der Waals surface area (Å²) in [6.45, 7) is 1.77. The molecule has 0 saturated heterocycles. The molecule has 114 valence electrons. The minimum atomic E-state index is -3.84. The molecular formula is C13H16FN3O3S. The van der Waals surface area contributed by atoms with Crippen LogP contribution in [0.15, 0.2) is 33.8 Å². The van der Waals surface area contributed by atoms with Crippen LogP contribution in [-0.4, -0.2) is 20.6 Å². The average Bonchev–Trinajstić information content (AvgIpc) is 2.94. The molecule has 2 N–H and O–H groups in total. The summed E-state index contributed by atoms with van der Waals surface area (Å²) in [5.41, 5.74) is 0.639. The van der Waals surface area contributed by atoms with Crippen molar-refractivity contribution in [1.82, 2.24) is 15.2 Å². The SMILES string of the molecule is CNCc1cc(F)c(C)c(S(=O)(=O)NCc2ccno2)c1. The van der Waals surface area contributed by atoms with Gasteiger partial charge in [-0.05, 0) is 31.7 Å². The van der Waals surface area contributed by atoms with E-state index in [-0.39, 0.29) is 17.0 Å². The normalized spacial score (nSPS) is 11.8. The summed E-state index contributed by atoms with van der Waals surface area (Å²) < 4.78 is 45.6. The third-order valence-corrected chi connectivity index (χ3v) is 4.48. The number of benzene rings is 1. The van der Waals surface area contributed by atoms with Crippen LogP contribution in [0.2, 0.25) is 0 Å². The van der Waals surface area contributed by atoms with E-state index in [4.69, 9.17) is 4.52 Å². The number of hydrogen-bond donors (Lipinski definition) is 2. The molecule has 6 nitrogen and oxygen atoms in total. The topological polar surface area (TPSA) is 84.2 Å². The van der Waals surface area contributed by atoms with Crippen LogP contribution in [0.5, 0.6) is 0 Å². The molecule has 1 heterocycles. The third kappa shape index (κ3) is 3.66. The standard InChI is InChI=1S/C13H16FN3O3S/c1-9-12(14)5-10(7-15-2)6-13(9)21(18,19)17-8-11-3-4-16-20-11/h3-6,15,17H,7-8H2,1-2H3. The first-order chi connectivity index (χ1) is 9.94. The molecule has 8 heteroatoms. The minimum absolute atomic E-state index is 0.0420. The van der Waals surface area contributed by atoms with Crippen LogP contribution in [0, 0.1) is 12.7 Å². The van der Waals surface area contributed by atoms with E-state index in [0.717, 1.165) is 0 Å². The van der Waals surface area contributed by atoms with E-state index < -0.39 is 15.8 Å². The van der Waals surface area contributed by atoms with Gasteiger partial charge < -0.3 is 9.84 Å². The van der Waals surface area contributed by atoms with Gasteiger partial charge in [0.1, 0.15) is 5.82 Å². The van der Waals surface area contributed by atoms with Crippen molar-refractivity contribution in [3.8, 4) is 0 Å². The van der Waals surface area contributed by atoms with Crippen molar-refractivity contribution in [1.29, 1.82) is 0 Å². The Labute approximate surface area is 122 Å². The zero-order valence-electron chi connectivity index (χ0n) is 11.7. The lowest BCUT2D eigenvalue weighted by atomic mass is 10.1. The molecule has 0 spiro atoms. The molecule has 0 unspecified atom stereocenters. The van der Waals surface area contributed by atoms with E-state index in [1.807, 2.05) is 0 Å². The monoisotopic (exact) mass is 313 g/mol. The predicted octanol–water partition coefficient (Wildman–Crippen LogP) is 1.32. The summed E-state index contributed by atoms with van der Waals surface area (Å²) in [4.78, 5) is -0.0766. The predicted molar refractivity (Wildman–Crippen MR) is 74.4 cm³/mol. The first-order valence-corrected chi connectivity index (χ1v) is 7.75. The van der Waals surface area contributed by atoms with Crippen LogP contribution in [0.4, 0.5) is 4.39 Å². The van der Waals surface area contributed by atoms with E-state index >= 15 is 0 Å². The second-order valence-electron chi connectivity index (χ2n) is 4.53. The number of nitrogens with one attached hydrogen (secondary N) is 2. The van der Waals surface area contributed by atoms with E-state index in [9.17, 15) is 12.8 Å². The molecule has 0 amide bonds. The smallest absolute Gasteiger partial charge is 0.241 e. The molecule has 0 saturated carbocycles. The molecule has 0 aliphatic carbocycles. The van der Waals surface area contributed by atoms with Gasteiger partial charge in [-0.3, -0.25) is 0 Å². The highest BCUT2D eigenvalue weighted by molar-refractivity contribution is 7.89. The van der Waals surface area contributed by atoms with Crippen LogP contribution < -0.4 is 10.0 Å². The lowest BCUT2D eigenvalue weighted by molar-refractivity contribution is 0.380. The van der Waals surface area contributed by atoms with Gasteiger partial charge in [0.05, 0.1) is 17.6 Å². The lowest BCUT2D eigenvalue weighted by Gasteiger charge is -2.11. The van der Waals surface area contributed by atoms with Crippen LogP contribution >= 0.6 is 0 Å². The molecule has 1 aromatic heterocycles. The maximum atomic E-state index is 13.9. The fourth-order valence-corrected chi connectivity index (χ4v) is 3.16. The molecule has 21 heavy (non-hydrogen) atoms. The Bertz CT molecular complexity index is 715. The highest BCUT2D eigenvalue weighted by atomic mass is 32.2. The fraction of sp³-hybridized carbons (Fsp3) is 0.308. The molecule has 2 rings (SSSR count). The number of sulfonamides is 1. The Hall–Kier alpha value is -1.77. The van der Waals surface area contributed by atoms with Crippen LogP contribution in [0.1, 0.15) is 16.9 Å². The van der Waals surface area contributed by atoms with Crippen molar-refractivity contribution >= 4 is 10.0 Å². The molecule has 0 aliphatic heterocycles. The number of nitrogens with zero attached hydrogens (tertiary/aromatic N) is 1. The summed E-state index contributed by atoms with van der Waals surface area (Å²) >= 11 is 0. The van der Waals surface area contributed by atoms with Crippen LogP contribution in [-0.2, 0) is 23.1 Å². The second-order valence-corrected chi connectivity index (χ2v) is 6.27. The first kappa shape index (κ1) is 15.6. The highest BCUT2D eigenvalue weighted by Crippen LogP contribution is 2.21. The minimum Gasteiger partial charge on any atom is -0.360 e. The average molecular weight is 313 g/mol. The molecule has 1 aromatic carbocycles. The molecule has 0 fully saturated rings. The van der Waals surface area contributed by atoms with Gasteiger partial charge in [-0.25, -0.2) is 17.5 Å². The molecule has 0 atom stereocenters. The zero-order valence-corrected chi connectivity index (χ0v) is 12.5. The Morgan fingerprint density at radius 1 is 1.33 bits per heavy atom. The van der Waals surface area contributed by atoms with Crippen molar-refractivity contribution in [3.63, 3.8) is 0 Å². The maximum absolute atomic E-state index is 13.9. The lowest BCUT2D eigenvalue weighted by Crippen LogP contribution is -2.24. The van der Waals surface area contributed by atoms with Crippen LogP contribution in [0.3, 0.4) is 0 Å². The number of aromatic nitrogens is 1. The van der Waals surface area contributed by atoms with Gasteiger partial charge in [0.2, 0.25) is 10.0 Å². The van der Waals surface area contributed by atoms with Gasteiger partial charge in [0.25, 0.3) is 0 Å². The maximum Gasteiger partial charge on any atom is 0.241 e. The summed E-state index contributed by atoms with van der Waals surface area (Å²) in [7, 11) is -2.13.